The number of alkyl carbamates (subject to hydrolysis) is 1. The Labute approximate surface area is 187 Å². The van der Waals surface area contributed by atoms with E-state index in [4.69, 9.17) is 4.74 Å². The van der Waals surface area contributed by atoms with Crippen molar-refractivity contribution in [3.63, 3.8) is 0 Å². The number of carbonyl (C=O) groups is 3. The van der Waals surface area contributed by atoms with E-state index < -0.39 is 36.1 Å². The summed E-state index contributed by atoms with van der Waals surface area (Å²) in [5.41, 5.74) is 0.204. The molecule has 0 spiro atoms. The minimum Gasteiger partial charge on any atom is -0.445 e. The number of halogens is 3. The maximum Gasteiger partial charge on any atom is 0.416 e. The van der Waals surface area contributed by atoms with E-state index in [1.807, 2.05) is 6.07 Å². The second-order valence-corrected chi connectivity index (χ2v) is 6.91. The summed E-state index contributed by atoms with van der Waals surface area (Å²) in [5, 5.41) is 4.82. The molecule has 0 aliphatic heterocycles. The van der Waals surface area contributed by atoms with Gasteiger partial charge in [0.05, 0.1) is 11.3 Å². The van der Waals surface area contributed by atoms with Crippen molar-refractivity contribution in [1.29, 1.82) is 0 Å². The first-order chi connectivity index (χ1) is 15.7. The van der Waals surface area contributed by atoms with E-state index in [1.54, 1.807) is 36.4 Å². The highest BCUT2D eigenvalue weighted by molar-refractivity contribution is 6.14. The van der Waals surface area contributed by atoms with Gasteiger partial charge in [0.25, 0.3) is 0 Å². The predicted molar refractivity (Wildman–Crippen MR) is 115 cm³/mol. The largest absolute Gasteiger partial charge is 0.445 e. The number of carbonyl (C=O) groups excluding carboxylic acids is 3. The lowest BCUT2D eigenvalue weighted by molar-refractivity contribution is -0.137. The maximum atomic E-state index is 12.8. The maximum absolute atomic E-state index is 12.8. The van der Waals surface area contributed by atoms with Crippen molar-refractivity contribution in [1.82, 2.24) is 5.32 Å². The van der Waals surface area contributed by atoms with Crippen molar-refractivity contribution < 1.29 is 32.3 Å². The van der Waals surface area contributed by atoms with Crippen LogP contribution in [-0.2, 0) is 22.3 Å². The molecule has 0 saturated heterocycles. The summed E-state index contributed by atoms with van der Waals surface area (Å²) >= 11 is 0. The smallest absolute Gasteiger partial charge is 0.416 e. The van der Waals surface area contributed by atoms with Crippen LogP contribution in [0.5, 0.6) is 0 Å². The fraction of sp³-hybridized carbons (Fsp3) is 0.125. The molecule has 3 aromatic rings. The van der Waals surface area contributed by atoms with Gasteiger partial charge in [-0.3, -0.25) is 9.59 Å². The molecular weight excluding hydrogens is 437 g/mol. The SMILES string of the molecule is O=C(CNC(=O)OCc1ccccc1)Nc1ccccc1C(=O)c1ccc(C(F)(F)F)cc1. The van der Waals surface area contributed by atoms with E-state index in [9.17, 15) is 27.6 Å². The van der Waals surface area contributed by atoms with Gasteiger partial charge in [-0.15, -0.1) is 0 Å². The number of para-hydroxylation sites is 1. The summed E-state index contributed by atoms with van der Waals surface area (Å²) < 4.78 is 43.3. The molecule has 0 aromatic heterocycles. The number of nitrogens with one attached hydrogen (secondary N) is 2. The highest BCUT2D eigenvalue weighted by Gasteiger charge is 2.30. The number of anilines is 1. The lowest BCUT2D eigenvalue weighted by Gasteiger charge is -2.12. The number of ketones is 1. The Hall–Kier alpha value is -4.14. The predicted octanol–water partition coefficient (Wildman–Crippen LogP) is 4.80. The van der Waals surface area contributed by atoms with Crippen molar-refractivity contribution in [2.45, 2.75) is 12.8 Å². The van der Waals surface area contributed by atoms with Gasteiger partial charge in [0, 0.05) is 11.1 Å². The van der Waals surface area contributed by atoms with Crippen molar-refractivity contribution in [2.75, 3.05) is 11.9 Å². The summed E-state index contributed by atoms with van der Waals surface area (Å²) in [5.74, 6) is -1.17. The number of rotatable bonds is 7. The van der Waals surface area contributed by atoms with Gasteiger partial charge in [-0.25, -0.2) is 4.79 Å². The molecule has 0 saturated carbocycles. The normalized spacial score (nSPS) is 10.9. The van der Waals surface area contributed by atoms with Crippen molar-refractivity contribution >= 4 is 23.5 Å². The topological polar surface area (TPSA) is 84.5 Å². The molecule has 0 aliphatic carbocycles. The molecule has 6 nitrogen and oxygen atoms in total. The zero-order valence-electron chi connectivity index (χ0n) is 17.2. The molecule has 0 unspecified atom stereocenters. The zero-order chi connectivity index (χ0) is 23.8. The number of benzene rings is 3. The minimum atomic E-state index is -4.51. The molecule has 2 N–H and O–H groups in total. The Kier molecular flexibility index (Phi) is 7.45. The van der Waals surface area contributed by atoms with Crippen LogP contribution in [0.3, 0.4) is 0 Å². The minimum absolute atomic E-state index is 0.0345. The van der Waals surface area contributed by atoms with Gasteiger partial charge in [-0.05, 0) is 29.8 Å². The standard InChI is InChI=1S/C24H19F3N2O4/c25-24(26,27)18-12-10-17(11-13-18)22(31)19-8-4-5-9-20(19)29-21(30)14-28-23(32)33-15-16-6-2-1-3-7-16/h1-13H,14-15H2,(H,28,32)(H,29,30). The fourth-order valence-electron chi connectivity index (χ4n) is 2.88. The number of alkyl halides is 3. The Morgan fingerprint density at radius 2 is 1.45 bits per heavy atom. The molecule has 0 atom stereocenters. The highest BCUT2D eigenvalue weighted by atomic mass is 19.4. The molecule has 0 heterocycles. The van der Waals surface area contributed by atoms with Crippen molar-refractivity contribution in [2.24, 2.45) is 0 Å². The molecule has 2 amide bonds. The van der Waals surface area contributed by atoms with Gasteiger partial charge in [0.1, 0.15) is 13.2 Å². The molecule has 9 heteroatoms. The Morgan fingerprint density at radius 3 is 2.12 bits per heavy atom. The van der Waals surface area contributed by atoms with Crippen LogP contribution < -0.4 is 10.6 Å². The summed E-state index contributed by atoms with van der Waals surface area (Å²) in [6.45, 7) is -0.366. The highest BCUT2D eigenvalue weighted by Crippen LogP contribution is 2.29. The molecule has 33 heavy (non-hydrogen) atoms. The average Bonchev–Trinajstić information content (AvgIpc) is 2.81. The Morgan fingerprint density at radius 1 is 0.818 bits per heavy atom. The lowest BCUT2D eigenvalue weighted by atomic mass is 10.0. The molecule has 0 bridgehead atoms. The second-order valence-electron chi connectivity index (χ2n) is 6.91. The van der Waals surface area contributed by atoms with Crippen LogP contribution in [0.4, 0.5) is 23.7 Å². The van der Waals surface area contributed by atoms with E-state index >= 15 is 0 Å². The Balaban J connectivity index is 1.59. The molecular formula is C24H19F3N2O4. The van der Waals surface area contributed by atoms with Crippen LogP contribution in [0, 0.1) is 0 Å². The molecule has 0 aliphatic rings. The van der Waals surface area contributed by atoms with Crippen LogP contribution in [0.25, 0.3) is 0 Å². The molecule has 0 fully saturated rings. The second kappa shape index (κ2) is 10.4. The van der Waals surface area contributed by atoms with E-state index in [2.05, 4.69) is 10.6 Å². The van der Waals surface area contributed by atoms with Crippen LogP contribution in [-0.4, -0.2) is 24.3 Å². The number of amides is 2. The van der Waals surface area contributed by atoms with E-state index in [1.165, 1.54) is 12.1 Å². The van der Waals surface area contributed by atoms with Gasteiger partial charge in [0.15, 0.2) is 5.78 Å². The summed E-state index contributed by atoms with van der Waals surface area (Å²) in [6, 6.07) is 18.8. The van der Waals surface area contributed by atoms with Gasteiger partial charge in [0.2, 0.25) is 5.91 Å². The van der Waals surface area contributed by atoms with E-state index in [-0.39, 0.29) is 23.4 Å². The molecule has 170 valence electrons. The summed E-state index contributed by atoms with van der Waals surface area (Å²) in [6.07, 6.45) is -5.30. The quantitative estimate of drug-likeness (QED) is 0.500. The van der Waals surface area contributed by atoms with Crippen LogP contribution in [0.1, 0.15) is 27.0 Å². The zero-order valence-corrected chi connectivity index (χ0v) is 17.2. The van der Waals surface area contributed by atoms with Gasteiger partial charge < -0.3 is 15.4 Å². The lowest BCUT2D eigenvalue weighted by Crippen LogP contribution is -2.33. The number of hydrogen-bond acceptors (Lipinski definition) is 4. The van der Waals surface area contributed by atoms with E-state index in [0.29, 0.717) is 0 Å². The monoisotopic (exact) mass is 456 g/mol. The van der Waals surface area contributed by atoms with Crippen LogP contribution >= 0.6 is 0 Å². The number of hydrogen-bond donors (Lipinski definition) is 2. The fourth-order valence-corrected chi connectivity index (χ4v) is 2.88. The van der Waals surface area contributed by atoms with Crippen molar-refractivity contribution in [3.8, 4) is 0 Å². The third kappa shape index (κ3) is 6.67. The average molecular weight is 456 g/mol. The first-order valence-corrected chi connectivity index (χ1v) is 9.79. The molecule has 3 rings (SSSR count). The van der Waals surface area contributed by atoms with Crippen molar-refractivity contribution in [3.05, 3.63) is 101 Å². The number of ether oxygens (including phenoxy) is 1. The van der Waals surface area contributed by atoms with E-state index in [0.717, 1.165) is 29.8 Å². The molecule has 0 radical (unpaired) electrons. The summed E-state index contributed by atoms with van der Waals surface area (Å²) in [4.78, 5) is 36.8. The van der Waals surface area contributed by atoms with Gasteiger partial charge in [-0.2, -0.15) is 13.2 Å². The Bertz CT molecular complexity index is 1130. The van der Waals surface area contributed by atoms with Crippen LogP contribution in [0.15, 0.2) is 78.9 Å². The van der Waals surface area contributed by atoms with Gasteiger partial charge in [-0.1, -0.05) is 54.6 Å². The third-order valence-electron chi connectivity index (χ3n) is 4.53. The first kappa shape index (κ1) is 23.5. The first-order valence-electron chi connectivity index (χ1n) is 9.79. The third-order valence-corrected chi connectivity index (χ3v) is 4.53. The summed E-state index contributed by atoms with van der Waals surface area (Å²) in [7, 11) is 0. The molecule has 3 aromatic carbocycles. The van der Waals surface area contributed by atoms with Gasteiger partial charge >= 0.3 is 12.3 Å². The van der Waals surface area contributed by atoms with Crippen LogP contribution in [0.2, 0.25) is 0 Å².